The number of amides is 3. The van der Waals surface area contributed by atoms with Crippen LogP contribution in [0.25, 0.3) is 0 Å². The van der Waals surface area contributed by atoms with E-state index in [1.165, 1.54) is 10.5 Å². The van der Waals surface area contributed by atoms with Gasteiger partial charge in [0.05, 0.1) is 6.42 Å². The normalized spacial score (nSPS) is 13.1. The van der Waals surface area contributed by atoms with Crippen molar-refractivity contribution in [2.45, 2.75) is 37.1 Å². The van der Waals surface area contributed by atoms with E-state index < -0.39 is 0 Å². The molecule has 1 heterocycles. The van der Waals surface area contributed by atoms with Gasteiger partial charge in [0.25, 0.3) is 0 Å². The Morgan fingerprint density at radius 2 is 1.64 bits per heavy atom. The van der Waals surface area contributed by atoms with Gasteiger partial charge in [-0.05, 0) is 72.5 Å². The van der Waals surface area contributed by atoms with Gasteiger partial charge in [-0.1, -0.05) is 42.5 Å². The molecule has 0 unspecified atom stereocenters. The number of aryl methyl sites for hydroxylation is 1. The first-order chi connectivity index (χ1) is 16.1. The van der Waals surface area contributed by atoms with E-state index in [0.29, 0.717) is 19.5 Å². The van der Waals surface area contributed by atoms with Gasteiger partial charge in [0.15, 0.2) is 0 Å². The van der Waals surface area contributed by atoms with Crippen molar-refractivity contribution in [2.75, 3.05) is 23.0 Å². The maximum absolute atomic E-state index is 13.0. The SMILES string of the molecule is CSc1ccc(CNC(=O)Cc2ccc(NC(=O)N3CCCCc4ccccc43)cc2)cc1. The monoisotopic (exact) mass is 459 g/mol. The van der Waals surface area contributed by atoms with E-state index in [-0.39, 0.29) is 11.9 Å². The molecule has 0 bridgehead atoms. The molecule has 4 rings (SSSR count). The van der Waals surface area contributed by atoms with Crippen LogP contribution in [0.3, 0.4) is 0 Å². The molecule has 0 saturated heterocycles. The standard InChI is InChI=1S/C27H29N3O2S/c1-33-24-15-11-21(12-16-24)19-28-26(31)18-20-9-13-23(14-10-20)29-27(32)30-17-5-4-7-22-6-2-3-8-25(22)30/h2-3,6,8-16H,4-5,7,17-19H2,1H3,(H,28,31)(H,29,32). The molecule has 0 aliphatic carbocycles. The van der Waals surface area contributed by atoms with Crippen molar-refractivity contribution in [2.24, 2.45) is 0 Å². The Morgan fingerprint density at radius 3 is 2.39 bits per heavy atom. The zero-order valence-electron chi connectivity index (χ0n) is 18.8. The van der Waals surface area contributed by atoms with Gasteiger partial charge in [0, 0.05) is 29.4 Å². The van der Waals surface area contributed by atoms with E-state index in [1.807, 2.05) is 65.8 Å². The van der Waals surface area contributed by atoms with Gasteiger partial charge in [0.2, 0.25) is 5.91 Å². The lowest BCUT2D eigenvalue weighted by Gasteiger charge is -2.23. The number of carbonyl (C=O) groups is 2. The number of nitrogens with zero attached hydrogens (tertiary/aromatic N) is 1. The van der Waals surface area contributed by atoms with Crippen LogP contribution in [0, 0.1) is 0 Å². The molecule has 6 heteroatoms. The summed E-state index contributed by atoms with van der Waals surface area (Å²) in [6.07, 6.45) is 5.41. The van der Waals surface area contributed by atoms with Crippen molar-refractivity contribution in [3.63, 3.8) is 0 Å². The van der Waals surface area contributed by atoms with E-state index in [2.05, 4.69) is 28.8 Å². The molecule has 1 aliphatic rings. The van der Waals surface area contributed by atoms with E-state index in [1.54, 1.807) is 11.8 Å². The van der Waals surface area contributed by atoms with Crippen molar-refractivity contribution in [3.8, 4) is 0 Å². The lowest BCUT2D eigenvalue weighted by molar-refractivity contribution is -0.120. The maximum Gasteiger partial charge on any atom is 0.326 e. The summed E-state index contributed by atoms with van der Waals surface area (Å²) in [6.45, 7) is 1.22. The minimum absolute atomic E-state index is 0.0260. The number of anilines is 2. The maximum atomic E-state index is 13.0. The highest BCUT2D eigenvalue weighted by atomic mass is 32.2. The summed E-state index contributed by atoms with van der Waals surface area (Å²) < 4.78 is 0. The third-order valence-electron chi connectivity index (χ3n) is 5.82. The highest BCUT2D eigenvalue weighted by Crippen LogP contribution is 2.26. The van der Waals surface area contributed by atoms with Crippen LogP contribution >= 0.6 is 11.8 Å². The first-order valence-corrected chi connectivity index (χ1v) is 12.5. The second-order valence-corrected chi connectivity index (χ2v) is 9.05. The lowest BCUT2D eigenvalue weighted by Crippen LogP contribution is -2.35. The van der Waals surface area contributed by atoms with E-state index in [4.69, 9.17) is 0 Å². The van der Waals surface area contributed by atoms with Gasteiger partial charge < -0.3 is 10.6 Å². The number of hydrogen-bond donors (Lipinski definition) is 2. The summed E-state index contributed by atoms with van der Waals surface area (Å²) in [6, 6.07) is 23.7. The predicted octanol–water partition coefficient (Wildman–Crippen LogP) is 5.64. The van der Waals surface area contributed by atoms with Crippen molar-refractivity contribution in [3.05, 3.63) is 89.5 Å². The fourth-order valence-corrected chi connectivity index (χ4v) is 4.40. The molecular weight excluding hydrogens is 430 g/mol. The molecule has 2 N–H and O–H groups in total. The number of carbonyl (C=O) groups excluding carboxylic acids is 2. The zero-order valence-corrected chi connectivity index (χ0v) is 19.7. The van der Waals surface area contributed by atoms with Gasteiger partial charge in [-0.2, -0.15) is 0 Å². The van der Waals surface area contributed by atoms with Gasteiger partial charge in [-0.25, -0.2) is 4.79 Å². The number of benzene rings is 3. The summed E-state index contributed by atoms with van der Waals surface area (Å²) in [5.41, 5.74) is 4.91. The smallest absolute Gasteiger partial charge is 0.326 e. The molecule has 0 saturated carbocycles. The molecule has 5 nitrogen and oxygen atoms in total. The van der Waals surface area contributed by atoms with Crippen molar-refractivity contribution in [1.82, 2.24) is 5.32 Å². The molecule has 0 aromatic heterocycles. The number of fused-ring (bicyclic) bond motifs is 1. The van der Waals surface area contributed by atoms with E-state index >= 15 is 0 Å². The molecule has 3 aromatic carbocycles. The van der Waals surface area contributed by atoms with Gasteiger partial charge >= 0.3 is 6.03 Å². The van der Waals surface area contributed by atoms with Crippen LogP contribution in [0.4, 0.5) is 16.2 Å². The van der Waals surface area contributed by atoms with Gasteiger partial charge in [-0.15, -0.1) is 11.8 Å². The minimum atomic E-state index is -0.123. The van der Waals surface area contributed by atoms with Crippen LogP contribution in [0.1, 0.15) is 29.5 Å². The van der Waals surface area contributed by atoms with E-state index in [0.717, 1.165) is 41.8 Å². The first-order valence-electron chi connectivity index (χ1n) is 11.3. The van der Waals surface area contributed by atoms with Crippen LogP contribution in [0.15, 0.2) is 77.7 Å². The predicted molar refractivity (Wildman–Crippen MR) is 136 cm³/mol. The van der Waals surface area contributed by atoms with Crippen LogP contribution in [0.2, 0.25) is 0 Å². The van der Waals surface area contributed by atoms with Crippen molar-refractivity contribution in [1.29, 1.82) is 0 Å². The molecule has 3 amide bonds. The van der Waals surface area contributed by atoms with Gasteiger partial charge in [-0.3, -0.25) is 9.69 Å². The highest BCUT2D eigenvalue weighted by molar-refractivity contribution is 7.98. The highest BCUT2D eigenvalue weighted by Gasteiger charge is 2.20. The number of nitrogens with one attached hydrogen (secondary N) is 2. The number of rotatable bonds is 6. The minimum Gasteiger partial charge on any atom is -0.352 e. The molecule has 1 aliphatic heterocycles. The fraction of sp³-hybridized carbons (Fsp3) is 0.259. The topological polar surface area (TPSA) is 61.4 Å². The largest absolute Gasteiger partial charge is 0.352 e. The second-order valence-electron chi connectivity index (χ2n) is 8.17. The first kappa shape index (κ1) is 22.9. The number of urea groups is 1. The Kier molecular flexibility index (Phi) is 7.68. The average molecular weight is 460 g/mol. The Balaban J connectivity index is 1.30. The Bertz CT molecular complexity index is 1100. The van der Waals surface area contributed by atoms with Crippen molar-refractivity contribution < 1.29 is 9.59 Å². The Labute approximate surface area is 199 Å². The Morgan fingerprint density at radius 1 is 0.909 bits per heavy atom. The average Bonchev–Trinajstić information content (AvgIpc) is 3.07. The zero-order chi connectivity index (χ0) is 23.0. The fourth-order valence-electron chi connectivity index (χ4n) is 3.99. The Hall–Kier alpha value is -3.25. The van der Waals surface area contributed by atoms with Crippen molar-refractivity contribution >= 4 is 35.1 Å². The number of thioether (sulfide) groups is 1. The summed E-state index contributed by atoms with van der Waals surface area (Å²) >= 11 is 1.70. The molecule has 0 radical (unpaired) electrons. The molecule has 33 heavy (non-hydrogen) atoms. The van der Waals surface area contributed by atoms with E-state index in [9.17, 15) is 9.59 Å². The van der Waals surface area contributed by atoms with Crippen LogP contribution in [-0.2, 0) is 24.2 Å². The molecular formula is C27H29N3O2S. The van der Waals surface area contributed by atoms with Gasteiger partial charge in [0.1, 0.15) is 0 Å². The summed E-state index contributed by atoms with van der Waals surface area (Å²) in [7, 11) is 0. The molecule has 3 aromatic rings. The summed E-state index contributed by atoms with van der Waals surface area (Å²) in [5, 5.41) is 5.97. The molecule has 0 atom stereocenters. The number of hydrogen-bond acceptors (Lipinski definition) is 3. The quantitative estimate of drug-likeness (QED) is 0.469. The third kappa shape index (κ3) is 6.17. The lowest BCUT2D eigenvalue weighted by atomic mass is 10.1. The summed E-state index contributed by atoms with van der Waals surface area (Å²) in [5.74, 6) is -0.0260. The second kappa shape index (κ2) is 11.1. The molecule has 0 spiro atoms. The number of para-hydroxylation sites is 1. The molecule has 170 valence electrons. The molecule has 0 fully saturated rings. The third-order valence-corrected chi connectivity index (χ3v) is 6.57. The van der Waals surface area contributed by atoms with Crippen LogP contribution < -0.4 is 15.5 Å². The van der Waals surface area contributed by atoms with Crippen LogP contribution in [0.5, 0.6) is 0 Å². The summed E-state index contributed by atoms with van der Waals surface area (Å²) in [4.78, 5) is 28.3. The van der Waals surface area contributed by atoms with Crippen LogP contribution in [-0.4, -0.2) is 24.7 Å².